The van der Waals surface area contributed by atoms with Crippen molar-refractivity contribution in [1.82, 2.24) is 25.0 Å². The van der Waals surface area contributed by atoms with Gasteiger partial charge < -0.3 is 14.8 Å². The van der Waals surface area contributed by atoms with Crippen LogP contribution in [0.2, 0.25) is 5.02 Å². The third-order valence-electron chi connectivity index (χ3n) is 6.38. The van der Waals surface area contributed by atoms with E-state index in [4.69, 9.17) is 26.1 Å². The molecule has 1 amide bonds. The number of rotatable bonds is 10. The van der Waals surface area contributed by atoms with E-state index in [-0.39, 0.29) is 49.2 Å². The van der Waals surface area contributed by atoms with Crippen molar-refractivity contribution in [2.24, 2.45) is 4.99 Å². The standard InChI is InChI=1S/C26H24ClF3N6O4S/c1-2-39-20(37)6-4-15-12-35(26(38)40-15)13-19-21(18-7-9-36(34-18)25(29)30)22(16-5-3-14(28)11-17(16)27)33-23(32-19)24-31-8-10-41-24/h3,5,7-11,15,22,25H,2,4,6,12-13H2,1H3,(H,32,33)/t15-,22-/m0/s1. The summed E-state index contributed by atoms with van der Waals surface area (Å²) in [5.74, 6) is -0.596. The van der Waals surface area contributed by atoms with Crippen LogP contribution in [-0.4, -0.2) is 63.4 Å². The van der Waals surface area contributed by atoms with Crippen molar-refractivity contribution in [3.8, 4) is 0 Å². The Morgan fingerprint density at radius 2 is 2.17 bits per heavy atom. The molecule has 2 aliphatic heterocycles. The van der Waals surface area contributed by atoms with E-state index in [1.54, 1.807) is 18.5 Å². The molecule has 216 valence electrons. The predicted octanol–water partition coefficient (Wildman–Crippen LogP) is 5.19. The average Bonchev–Trinajstić information content (AvgIpc) is 3.70. The molecule has 2 atom stereocenters. The smallest absolute Gasteiger partial charge is 0.410 e. The molecule has 0 bridgehead atoms. The second-order valence-electron chi connectivity index (χ2n) is 9.09. The summed E-state index contributed by atoms with van der Waals surface area (Å²) in [6, 6.07) is 4.33. The highest BCUT2D eigenvalue weighted by Gasteiger charge is 2.36. The van der Waals surface area contributed by atoms with Crippen LogP contribution in [0.1, 0.15) is 48.6 Å². The average molecular weight is 609 g/mol. The van der Waals surface area contributed by atoms with Crippen molar-refractivity contribution in [1.29, 1.82) is 0 Å². The quantitative estimate of drug-likeness (QED) is 0.315. The van der Waals surface area contributed by atoms with Gasteiger partial charge in [-0.1, -0.05) is 17.7 Å². The van der Waals surface area contributed by atoms with Gasteiger partial charge in [-0.25, -0.2) is 18.9 Å². The normalized spacial score (nSPS) is 18.9. The molecule has 0 spiro atoms. The molecule has 0 aliphatic carbocycles. The highest BCUT2D eigenvalue weighted by Crippen LogP contribution is 2.41. The van der Waals surface area contributed by atoms with Gasteiger partial charge in [0.05, 0.1) is 25.4 Å². The Hall–Kier alpha value is -3.91. The van der Waals surface area contributed by atoms with Crippen molar-refractivity contribution in [2.75, 3.05) is 19.7 Å². The molecular formula is C26H24ClF3N6O4S. The summed E-state index contributed by atoms with van der Waals surface area (Å²) in [6.45, 7) is -0.793. The Bertz CT molecular complexity index is 1500. The zero-order valence-corrected chi connectivity index (χ0v) is 23.2. The van der Waals surface area contributed by atoms with Gasteiger partial charge in [0.25, 0.3) is 0 Å². The number of alkyl halides is 2. The van der Waals surface area contributed by atoms with E-state index >= 15 is 0 Å². The first-order valence-electron chi connectivity index (χ1n) is 12.6. The molecule has 10 nitrogen and oxygen atoms in total. The molecule has 2 aliphatic rings. The van der Waals surface area contributed by atoms with Crippen LogP contribution in [0.25, 0.3) is 5.57 Å². The van der Waals surface area contributed by atoms with E-state index in [0.29, 0.717) is 32.4 Å². The minimum absolute atomic E-state index is 0.0364. The fourth-order valence-corrected chi connectivity index (χ4v) is 5.42. The molecule has 0 saturated carbocycles. The number of halogens is 4. The molecule has 1 saturated heterocycles. The van der Waals surface area contributed by atoms with Crippen LogP contribution in [0.4, 0.5) is 18.0 Å². The van der Waals surface area contributed by atoms with Crippen LogP contribution in [0, 0.1) is 5.82 Å². The summed E-state index contributed by atoms with van der Waals surface area (Å²) in [5, 5.41) is 9.61. The summed E-state index contributed by atoms with van der Waals surface area (Å²) in [5.41, 5.74) is 1.34. The highest BCUT2D eigenvalue weighted by atomic mass is 35.5. The number of ether oxygens (including phenoxy) is 2. The number of aromatic nitrogens is 3. The second kappa shape index (κ2) is 12.3. The van der Waals surface area contributed by atoms with Gasteiger partial charge in [-0.15, -0.1) is 11.3 Å². The maximum atomic E-state index is 14.0. The van der Waals surface area contributed by atoms with Crippen molar-refractivity contribution in [2.45, 2.75) is 38.5 Å². The van der Waals surface area contributed by atoms with Gasteiger partial charge in [0.1, 0.15) is 18.0 Å². The topological polar surface area (TPSA) is 111 Å². The minimum Gasteiger partial charge on any atom is -0.466 e. The molecule has 41 heavy (non-hydrogen) atoms. The molecule has 2 aromatic heterocycles. The molecule has 1 aromatic carbocycles. The molecule has 0 unspecified atom stereocenters. The Morgan fingerprint density at radius 3 is 2.85 bits per heavy atom. The predicted molar refractivity (Wildman–Crippen MR) is 144 cm³/mol. The van der Waals surface area contributed by atoms with Crippen molar-refractivity contribution >= 4 is 46.4 Å². The van der Waals surface area contributed by atoms with Crippen LogP contribution >= 0.6 is 22.9 Å². The molecule has 5 rings (SSSR count). The summed E-state index contributed by atoms with van der Waals surface area (Å²) in [6.07, 6.45) is 1.93. The number of hydrogen-bond donors (Lipinski definition) is 1. The Labute approximate surface area is 241 Å². The number of amides is 1. The van der Waals surface area contributed by atoms with Crippen LogP contribution in [0.15, 0.2) is 52.7 Å². The fourth-order valence-electron chi connectivity index (χ4n) is 4.57. The summed E-state index contributed by atoms with van der Waals surface area (Å²) in [4.78, 5) is 35.2. The first kappa shape index (κ1) is 28.6. The number of benzene rings is 1. The SMILES string of the molecule is CCOC(=O)CC[C@H]1CN(CC2=C(c3ccn(C(F)F)n3)[C@H](c3ccc(F)cc3Cl)N=C(c3nccs3)N2)C(=O)O1. The number of nitrogens with one attached hydrogen (secondary N) is 1. The number of nitrogens with zero attached hydrogens (tertiary/aromatic N) is 5. The number of cyclic esters (lactones) is 1. The number of esters is 1. The highest BCUT2D eigenvalue weighted by molar-refractivity contribution is 7.11. The number of hydrogen-bond acceptors (Lipinski definition) is 9. The Kier molecular flexibility index (Phi) is 8.59. The van der Waals surface area contributed by atoms with Gasteiger partial charge >= 0.3 is 18.6 Å². The first-order valence-corrected chi connectivity index (χ1v) is 13.9. The maximum Gasteiger partial charge on any atom is 0.410 e. The minimum atomic E-state index is -2.89. The third-order valence-corrected chi connectivity index (χ3v) is 7.48. The fraction of sp³-hybridized carbons (Fsp3) is 0.346. The summed E-state index contributed by atoms with van der Waals surface area (Å²) >= 11 is 7.76. The molecule has 0 radical (unpaired) electrons. The van der Waals surface area contributed by atoms with Gasteiger partial charge in [0.2, 0.25) is 0 Å². The zero-order valence-electron chi connectivity index (χ0n) is 21.6. The lowest BCUT2D eigenvalue weighted by Gasteiger charge is -2.29. The Balaban J connectivity index is 1.54. The van der Waals surface area contributed by atoms with Crippen LogP contribution in [-0.2, 0) is 14.3 Å². The monoisotopic (exact) mass is 608 g/mol. The first-order chi connectivity index (χ1) is 19.7. The lowest BCUT2D eigenvalue weighted by atomic mass is 9.93. The molecule has 3 aromatic rings. The van der Waals surface area contributed by atoms with E-state index in [1.807, 2.05) is 0 Å². The summed E-state index contributed by atoms with van der Waals surface area (Å²) < 4.78 is 51.9. The van der Waals surface area contributed by atoms with Gasteiger partial charge in [0, 0.05) is 46.1 Å². The maximum absolute atomic E-state index is 14.0. The number of thiazole rings is 1. The van der Waals surface area contributed by atoms with E-state index in [9.17, 15) is 22.8 Å². The zero-order chi connectivity index (χ0) is 29.1. The van der Waals surface area contributed by atoms with Gasteiger partial charge in [-0.3, -0.25) is 14.7 Å². The second-order valence-corrected chi connectivity index (χ2v) is 10.4. The third kappa shape index (κ3) is 6.38. The largest absolute Gasteiger partial charge is 0.466 e. The van der Waals surface area contributed by atoms with Gasteiger partial charge in [0.15, 0.2) is 10.8 Å². The number of carbonyl (C=O) groups excluding carboxylic acids is 2. The van der Waals surface area contributed by atoms with E-state index in [2.05, 4.69) is 15.4 Å². The van der Waals surface area contributed by atoms with Crippen molar-refractivity contribution in [3.63, 3.8) is 0 Å². The molecule has 1 N–H and O–H groups in total. The van der Waals surface area contributed by atoms with Crippen molar-refractivity contribution < 1.29 is 32.2 Å². The van der Waals surface area contributed by atoms with E-state index in [0.717, 1.165) is 12.3 Å². The molecular weight excluding hydrogens is 585 g/mol. The van der Waals surface area contributed by atoms with E-state index < -0.39 is 30.6 Å². The van der Waals surface area contributed by atoms with Crippen LogP contribution in [0.5, 0.6) is 0 Å². The van der Waals surface area contributed by atoms with Crippen molar-refractivity contribution in [3.05, 3.63) is 74.8 Å². The Morgan fingerprint density at radius 1 is 1.34 bits per heavy atom. The molecule has 4 heterocycles. The molecule has 15 heteroatoms. The molecule has 1 fully saturated rings. The van der Waals surface area contributed by atoms with Gasteiger partial charge in [-0.2, -0.15) is 13.9 Å². The number of carbonyl (C=O) groups is 2. The lowest BCUT2D eigenvalue weighted by molar-refractivity contribution is -0.143. The van der Waals surface area contributed by atoms with Crippen LogP contribution < -0.4 is 5.32 Å². The van der Waals surface area contributed by atoms with E-state index in [1.165, 1.54) is 34.4 Å². The lowest BCUT2D eigenvalue weighted by Crippen LogP contribution is -2.38. The summed E-state index contributed by atoms with van der Waals surface area (Å²) in [7, 11) is 0. The van der Waals surface area contributed by atoms with Crippen LogP contribution in [0.3, 0.4) is 0 Å². The van der Waals surface area contributed by atoms with Gasteiger partial charge in [-0.05, 0) is 31.5 Å². The number of aliphatic imine (C=N–C) groups is 1. The number of amidine groups is 1.